The fourth-order valence-electron chi connectivity index (χ4n) is 4.82. The molecule has 15 heteroatoms. The van der Waals surface area contributed by atoms with Gasteiger partial charge in [-0.2, -0.15) is 44.1 Å². The second-order valence-electron chi connectivity index (χ2n) is 10.5. The van der Waals surface area contributed by atoms with Crippen LogP contribution in [0.15, 0.2) is 115 Å². The first-order valence-corrected chi connectivity index (χ1v) is 15.4. The van der Waals surface area contributed by atoms with Crippen molar-refractivity contribution in [2.75, 3.05) is 0 Å². The van der Waals surface area contributed by atoms with E-state index in [0.717, 1.165) is 29.8 Å². The Morgan fingerprint density at radius 1 is 0.571 bits per heavy atom. The van der Waals surface area contributed by atoms with Gasteiger partial charge in [-0.3, -0.25) is 0 Å². The van der Waals surface area contributed by atoms with E-state index >= 15 is 0 Å². The predicted octanol–water partition coefficient (Wildman–Crippen LogP) is 9.81. The minimum Gasteiger partial charge on any atom is -0.741 e. The summed E-state index contributed by atoms with van der Waals surface area (Å²) < 4.78 is 155. The Balaban J connectivity index is 0.000000603. The van der Waals surface area contributed by atoms with Crippen LogP contribution in [0.25, 0.3) is 33.6 Å². The molecule has 1 aromatic heterocycles. The highest BCUT2D eigenvalue weighted by molar-refractivity contribution is 7.86. The van der Waals surface area contributed by atoms with Gasteiger partial charge < -0.3 is 4.55 Å². The van der Waals surface area contributed by atoms with Crippen molar-refractivity contribution in [3.05, 3.63) is 138 Å². The Morgan fingerprint density at radius 2 is 0.939 bits per heavy atom. The van der Waals surface area contributed by atoms with E-state index in [1.807, 2.05) is 41.8 Å². The van der Waals surface area contributed by atoms with E-state index in [1.165, 1.54) is 36.4 Å². The Morgan fingerprint density at radius 3 is 1.29 bits per heavy atom. The first-order valence-electron chi connectivity index (χ1n) is 13.9. The van der Waals surface area contributed by atoms with E-state index in [2.05, 4.69) is 0 Å². The Labute approximate surface area is 273 Å². The van der Waals surface area contributed by atoms with Crippen molar-refractivity contribution in [2.45, 2.75) is 30.8 Å². The number of hydrogen-bond donors (Lipinski definition) is 0. The van der Waals surface area contributed by atoms with Crippen LogP contribution < -0.4 is 4.57 Å². The topological polar surface area (TPSA) is 61.1 Å². The Bertz CT molecular complexity index is 1910. The van der Waals surface area contributed by atoms with Crippen LogP contribution in [0.5, 0.6) is 0 Å². The summed E-state index contributed by atoms with van der Waals surface area (Å²) >= 11 is 0. The van der Waals surface area contributed by atoms with Crippen LogP contribution in [-0.4, -0.2) is 18.5 Å². The molecule has 258 valence electrons. The molecule has 0 aliphatic rings. The lowest BCUT2D eigenvalue weighted by Gasteiger charge is -2.18. The van der Waals surface area contributed by atoms with E-state index in [-0.39, 0.29) is 6.04 Å². The third kappa shape index (κ3) is 9.03. The second kappa shape index (κ2) is 14.0. The van der Waals surface area contributed by atoms with Crippen LogP contribution in [0.1, 0.15) is 29.7 Å². The normalized spacial score (nSPS) is 13.0. The van der Waals surface area contributed by atoms with Crippen molar-refractivity contribution in [2.24, 2.45) is 0 Å². The SMILES string of the molecule is CC(c1ccccc1)[n+]1c(-c2ccc(C(F)(F)F)cc2)cc(-c2ccc(F)cc2)cc1-c1ccc(C(F)(F)F)cc1.O=S(=O)([O-])C(F)(F)F. The summed E-state index contributed by atoms with van der Waals surface area (Å²) in [5, 5.41) is 0. The van der Waals surface area contributed by atoms with Crippen molar-refractivity contribution in [1.82, 2.24) is 0 Å². The average molecular weight is 716 g/mol. The van der Waals surface area contributed by atoms with E-state index in [0.29, 0.717) is 33.6 Å². The van der Waals surface area contributed by atoms with Crippen LogP contribution in [0.3, 0.4) is 0 Å². The number of hydrogen-bond acceptors (Lipinski definition) is 3. The van der Waals surface area contributed by atoms with Crippen LogP contribution >= 0.6 is 0 Å². The Hall–Kier alpha value is -4.76. The first kappa shape index (κ1) is 37.1. The van der Waals surface area contributed by atoms with Gasteiger partial charge in [0.25, 0.3) is 0 Å². The largest absolute Gasteiger partial charge is 0.741 e. The van der Waals surface area contributed by atoms with Gasteiger partial charge in [0.15, 0.2) is 16.2 Å². The van der Waals surface area contributed by atoms with Crippen molar-refractivity contribution >= 4 is 10.1 Å². The zero-order chi connectivity index (χ0) is 36.4. The molecular formula is C34H23F10NO3S. The molecule has 0 fully saturated rings. The minimum atomic E-state index is -6.09. The number of aromatic nitrogens is 1. The zero-order valence-electron chi connectivity index (χ0n) is 24.9. The van der Waals surface area contributed by atoms with Gasteiger partial charge in [-0.15, -0.1) is 0 Å². The maximum atomic E-state index is 13.7. The summed E-state index contributed by atoms with van der Waals surface area (Å²) in [6.07, 6.45) is -9.04. The fourth-order valence-corrected chi connectivity index (χ4v) is 4.82. The van der Waals surface area contributed by atoms with E-state index < -0.39 is 44.9 Å². The van der Waals surface area contributed by atoms with Gasteiger partial charge in [0.05, 0.1) is 11.1 Å². The highest BCUT2D eigenvalue weighted by Crippen LogP contribution is 2.36. The van der Waals surface area contributed by atoms with E-state index in [1.54, 1.807) is 24.3 Å². The average Bonchev–Trinajstić information content (AvgIpc) is 3.03. The quantitative estimate of drug-likeness (QED) is 0.0788. The molecule has 5 rings (SSSR count). The number of halogens is 10. The lowest BCUT2D eigenvalue weighted by Crippen LogP contribution is -2.43. The summed E-state index contributed by atoms with van der Waals surface area (Å²) in [6, 6.07) is 27.8. The van der Waals surface area contributed by atoms with Gasteiger partial charge >= 0.3 is 17.9 Å². The molecular weight excluding hydrogens is 692 g/mol. The molecule has 0 saturated heterocycles. The molecule has 0 bridgehead atoms. The first-order chi connectivity index (χ1) is 22.7. The molecule has 4 aromatic carbocycles. The standard InChI is InChI=1S/C33H23F7N.CHF3O3S/c1-21(22-5-3-2-4-6-22)41-30(24-7-13-27(14-8-24)32(35,36)37)19-26(23-11-17-29(34)18-12-23)20-31(41)25-9-15-28(16-10-25)33(38,39)40;2-1(3,4)8(5,6)7/h2-21H,1H3;(H,5,6,7)/q+1;/p-1. The molecule has 1 heterocycles. The van der Waals surface area contributed by atoms with Gasteiger partial charge in [0.1, 0.15) is 5.82 Å². The number of rotatable bonds is 5. The van der Waals surface area contributed by atoms with Crippen molar-refractivity contribution in [3.8, 4) is 33.6 Å². The predicted molar refractivity (Wildman–Crippen MR) is 159 cm³/mol. The van der Waals surface area contributed by atoms with Gasteiger partial charge in [0.2, 0.25) is 11.4 Å². The van der Waals surface area contributed by atoms with E-state index in [9.17, 15) is 43.9 Å². The number of pyridine rings is 1. The van der Waals surface area contributed by atoms with Crippen molar-refractivity contribution in [3.63, 3.8) is 0 Å². The van der Waals surface area contributed by atoms with Crippen LogP contribution in [0.2, 0.25) is 0 Å². The molecule has 0 radical (unpaired) electrons. The second-order valence-corrected chi connectivity index (χ2v) is 11.9. The monoisotopic (exact) mass is 715 g/mol. The van der Waals surface area contributed by atoms with E-state index in [4.69, 9.17) is 13.0 Å². The lowest BCUT2D eigenvalue weighted by atomic mass is 9.96. The molecule has 0 aliphatic heterocycles. The van der Waals surface area contributed by atoms with Gasteiger partial charge in [-0.25, -0.2) is 12.8 Å². The Kier molecular flexibility index (Phi) is 10.6. The molecule has 0 N–H and O–H groups in total. The summed E-state index contributed by atoms with van der Waals surface area (Å²) in [5.41, 5.74) is -3.11. The van der Waals surface area contributed by atoms with Gasteiger partial charge in [-0.05, 0) is 71.8 Å². The molecule has 49 heavy (non-hydrogen) atoms. The smallest absolute Gasteiger partial charge is 0.485 e. The molecule has 0 aliphatic carbocycles. The molecule has 0 saturated carbocycles. The third-order valence-electron chi connectivity index (χ3n) is 7.25. The molecule has 0 amide bonds. The maximum Gasteiger partial charge on any atom is 0.485 e. The summed E-state index contributed by atoms with van der Waals surface area (Å²) in [6.45, 7) is 1.91. The number of alkyl halides is 9. The molecule has 5 aromatic rings. The van der Waals surface area contributed by atoms with Crippen LogP contribution in [-0.2, 0) is 22.5 Å². The van der Waals surface area contributed by atoms with Crippen LogP contribution in [0, 0.1) is 5.82 Å². The summed E-state index contributed by atoms with van der Waals surface area (Å²) in [7, 11) is -6.09. The molecule has 0 spiro atoms. The van der Waals surface area contributed by atoms with Gasteiger partial charge in [-0.1, -0.05) is 42.5 Å². The number of nitrogens with zero attached hydrogens (tertiary/aromatic N) is 1. The minimum absolute atomic E-state index is 0.368. The fraction of sp³-hybridized carbons (Fsp3) is 0.147. The van der Waals surface area contributed by atoms with Crippen molar-refractivity contribution in [1.29, 1.82) is 0 Å². The van der Waals surface area contributed by atoms with Crippen LogP contribution in [0.4, 0.5) is 43.9 Å². The van der Waals surface area contributed by atoms with Crippen molar-refractivity contribution < 1.29 is 61.4 Å². The summed E-state index contributed by atoms with van der Waals surface area (Å²) in [4.78, 5) is 0. The maximum absolute atomic E-state index is 13.7. The molecule has 1 unspecified atom stereocenters. The lowest BCUT2D eigenvalue weighted by molar-refractivity contribution is -0.689. The molecule has 4 nitrogen and oxygen atoms in total. The molecule has 1 atom stereocenters. The number of benzene rings is 4. The highest BCUT2D eigenvalue weighted by Gasteiger charge is 2.37. The zero-order valence-corrected chi connectivity index (χ0v) is 25.7. The third-order valence-corrected chi connectivity index (χ3v) is 7.82. The van der Waals surface area contributed by atoms with Gasteiger partial charge in [0, 0.05) is 35.7 Å². The highest BCUT2D eigenvalue weighted by atomic mass is 32.2. The summed E-state index contributed by atoms with van der Waals surface area (Å²) in [5.74, 6) is -0.441.